The Bertz CT molecular complexity index is 1130. The molecule has 0 bridgehead atoms. The summed E-state index contributed by atoms with van der Waals surface area (Å²) >= 11 is 0.919. The van der Waals surface area contributed by atoms with Crippen molar-refractivity contribution in [3.05, 3.63) is 88.8 Å². The van der Waals surface area contributed by atoms with Crippen LogP contribution < -0.4 is 5.32 Å². The van der Waals surface area contributed by atoms with Crippen molar-refractivity contribution in [3.8, 4) is 0 Å². The van der Waals surface area contributed by atoms with E-state index < -0.39 is 0 Å². The standard InChI is InChI=1S/C23H18N2O3S/c26-21(19-11-10-17-8-4-5-9-18(17)15-19)24-12-13-25-22(27)20(29-23(25)28)14-16-6-2-1-3-7-16/h1-11,14-15H,12-13H2,(H,24,26). The summed E-state index contributed by atoms with van der Waals surface area (Å²) in [7, 11) is 0. The molecule has 3 amide bonds. The Labute approximate surface area is 172 Å². The third-order valence-corrected chi connectivity index (χ3v) is 5.51. The van der Waals surface area contributed by atoms with Gasteiger partial charge in [-0.3, -0.25) is 19.3 Å². The van der Waals surface area contributed by atoms with Gasteiger partial charge in [0.2, 0.25) is 0 Å². The second kappa shape index (κ2) is 8.32. The lowest BCUT2D eigenvalue weighted by Gasteiger charge is -2.13. The number of hydrogen-bond donors (Lipinski definition) is 1. The van der Waals surface area contributed by atoms with Crippen molar-refractivity contribution in [1.29, 1.82) is 0 Å². The summed E-state index contributed by atoms with van der Waals surface area (Å²) in [5, 5.41) is 4.51. The number of carbonyl (C=O) groups excluding carboxylic acids is 3. The van der Waals surface area contributed by atoms with Crippen molar-refractivity contribution in [1.82, 2.24) is 10.2 Å². The smallest absolute Gasteiger partial charge is 0.293 e. The molecule has 0 atom stereocenters. The Balaban J connectivity index is 1.37. The molecule has 0 aliphatic carbocycles. The zero-order valence-electron chi connectivity index (χ0n) is 15.5. The molecule has 1 fully saturated rings. The van der Waals surface area contributed by atoms with Crippen LogP contribution in [0.1, 0.15) is 15.9 Å². The van der Waals surface area contributed by atoms with Gasteiger partial charge in [0.25, 0.3) is 17.1 Å². The fourth-order valence-electron chi connectivity index (χ4n) is 3.11. The van der Waals surface area contributed by atoms with Crippen molar-refractivity contribution in [2.75, 3.05) is 13.1 Å². The van der Waals surface area contributed by atoms with E-state index in [0.717, 1.165) is 28.1 Å². The van der Waals surface area contributed by atoms with Crippen LogP contribution in [0.5, 0.6) is 0 Å². The zero-order chi connectivity index (χ0) is 20.2. The molecule has 4 rings (SSSR count). The summed E-state index contributed by atoms with van der Waals surface area (Å²) in [4.78, 5) is 38.7. The van der Waals surface area contributed by atoms with Crippen LogP contribution in [0.4, 0.5) is 4.79 Å². The van der Waals surface area contributed by atoms with Crippen LogP contribution in [0.25, 0.3) is 16.8 Å². The first-order valence-corrected chi connectivity index (χ1v) is 10.0. The summed E-state index contributed by atoms with van der Waals surface area (Å²) in [5.74, 6) is -0.564. The van der Waals surface area contributed by atoms with Gasteiger partial charge in [0.05, 0.1) is 4.91 Å². The summed E-state index contributed by atoms with van der Waals surface area (Å²) in [6.07, 6.45) is 1.71. The van der Waals surface area contributed by atoms with Gasteiger partial charge >= 0.3 is 0 Å². The molecule has 1 N–H and O–H groups in total. The predicted octanol–water partition coefficient (Wildman–Crippen LogP) is 4.31. The molecule has 1 saturated heterocycles. The SMILES string of the molecule is O=C(NCCN1C(=O)SC(=Cc2ccccc2)C1=O)c1ccc2ccccc2c1. The Morgan fingerprint density at radius 3 is 2.45 bits per heavy atom. The first kappa shape index (κ1) is 19.0. The zero-order valence-corrected chi connectivity index (χ0v) is 16.3. The minimum absolute atomic E-state index is 0.135. The highest BCUT2D eigenvalue weighted by atomic mass is 32.2. The number of carbonyl (C=O) groups is 3. The minimum Gasteiger partial charge on any atom is -0.350 e. The fourth-order valence-corrected chi connectivity index (χ4v) is 3.97. The average Bonchev–Trinajstić information content (AvgIpc) is 3.01. The molecule has 0 unspecified atom stereocenters. The first-order valence-electron chi connectivity index (χ1n) is 9.19. The van der Waals surface area contributed by atoms with Crippen molar-refractivity contribution in [2.24, 2.45) is 0 Å². The second-order valence-electron chi connectivity index (χ2n) is 6.56. The molecule has 0 spiro atoms. The number of rotatable bonds is 5. The van der Waals surface area contributed by atoms with Gasteiger partial charge in [-0.05, 0) is 46.3 Å². The number of benzene rings is 3. The number of thioether (sulfide) groups is 1. The number of nitrogens with one attached hydrogen (secondary N) is 1. The van der Waals surface area contributed by atoms with Crippen molar-refractivity contribution in [3.63, 3.8) is 0 Å². The molecule has 5 nitrogen and oxygen atoms in total. The maximum atomic E-state index is 12.5. The Hall–Kier alpha value is -3.38. The van der Waals surface area contributed by atoms with Gasteiger partial charge in [-0.15, -0.1) is 0 Å². The molecule has 1 aliphatic rings. The third-order valence-electron chi connectivity index (χ3n) is 4.60. The van der Waals surface area contributed by atoms with Crippen molar-refractivity contribution in [2.45, 2.75) is 0 Å². The summed E-state index contributed by atoms with van der Waals surface area (Å²) in [5.41, 5.74) is 1.41. The Morgan fingerprint density at radius 1 is 0.931 bits per heavy atom. The third kappa shape index (κ3) is 4.22. The lowest BCUT2D eigenvalue weighted by Crippen LogP contribution is -2.37. The predicted molar refractivity (Wildman–Crippen MR) is 115 cm³/mol. The molecule has 3 aromatic carbocycles. The van der Waals surface area contributed by atoms with E-state index in [4.69, 9.17) is 0 Å². The molecule has 1 aliphatic heterocycles. The van der Waals surface area contributed by atoms with Crippen LogP contribution in [0.3, 0.4) is 0 Å². The van der Waals surface area contributed by atoms with Crippen molar-refractivity contribution >= 4 is 45.7 Å². The quantitative estimate of drug-likeness (QED) is 0.646. The van der Waals surface area contributed by atoms with Crippen molar-refractivity contribution < 1.29 is 14.4 Å². The minimum atomic E-state index is -0.330. The van der Waals surface area contributed by atoms with Gasteiger partial charge in [0.15, 0.2) is 0 Å². The van der Waals surface area contributed by atoms with Gasteiger partial charge in [-0.25, -0.2) is 0 Å². The van der Waals surface area contributed by atoms with Crippen LogP contribution in [-0.2, 0) is 4.79 Å². The van der Waals surface area contributed by atoms with Gasteiger partial charge in [-0.1, -0.05) is 60.7 Å². The normalized spacial score (nSPS) is 15.3. The lowest BCUT2D eigenvalue weighted by molar-refractivity contribution is -0.122. The molecule has 6 heteroatoms. The number of nitrogens with zero attached hydrogens (tertiary/aromatic N) is 1. The topological polar surface area (TPSA) is 66.5 Å². The Kier molecular flexibility index (Phi) is 5.44. The van der Waals surface area contributed by atoms with Crippen LogP contribution >= 0.6 is 11.8 Å². The van der Waals surface area contributed by atoms with Crippen LogP contribution in [0, 0.1) is 0 Å². The molecular formula is C23H18N2O3S. The van der Waals surface area contributed by atoms with E-state index in [-0.39, 0.29) is 30.1 Å². The molecule has 29 heavy (non-hydrogen) atoms. The summed E-state index contributed by atoms with van der Waals surface area (Å²) < 4.78 is 0. The van der Waals surface area contributed by atoms with Crippen LogP contribution in [0.15, 0.2) is 77.7 Å². The maximum Gasteiger partial charge on any atom is 0.293 e. The highest BCUT2D eigenvalue weighted by Crippen LogP contribution is 2.31. The van der Waals surface area contributed by atoms with Gasteiger partial charge in [-0.2, -0.15) is 0 Å². The largest absolute Gasteiger partial charge is 0.350 e. The number of fused-ring (bicyclic) bond motifs is 1. The molecule has 1 heterocycles. The van der Waals surface area contributed by atoms with Gasteiger partial charge < -0.3 is 5.32 Å². The van der Waals surface area contributed by atoms with E-state index in [1.54, 1.807) is 12.1 Å². The second-order valence-corrected chi connectivity index (χ2v) is 7.56. The molecular weight excluding hydrogens is 384 g/mol. The molecule has 144 valence electrons. The summed E-state index contributed by atoms with van der Waals surface area (Å²) in [6, 6.07) is 22.7. The van der Waals surface area contributed by atoms with Crippen LogP contribution in [0.2, 0.25) is 0 Å². The molecule has 0 radical (unpaired) electrons. The van der Waals surface area contributed by atoms with E-state index in [1.807, 2.05) is 66.7 Å². The van der Waals surface area contributed by atoms with Gasteiger partial charge in [0.1, 0.15) is 0 Å². The van der Waals surface area contributed by atoms with Gasteiger partial charge in [0, 0.05) is 18.7 Å². The fraction of sp³-hybridized carbons (Fsp3) is 0.0870. The van der Waals surface area contributed by atoms with E-state index in [9.17, 15) is 14.4 Å². The molecule has 0 saturated carbocycles. The van der Waals surface area contributed by atoms with E-state index in [1.165, 1.54) is 4.90 Å². The number of imide groups is 1. The monoisotopic (exact) mass is 402 g/mol. The number of amides is 3. The van der Waals surface area contributed by atoms with E-state index >= 15 is 0 Å². The molecule has 0 aromatic heterocycles. The highest BCUT2D eigenvalue weighted by Gasteiger charge is 2.34. The maximum absolute atomic E-state index is 12.5. The van der Waals surface area contributed by atoms with E-state index in [0.29, 0.717) is 10.5 Å². The van der Waals surface area contributed by atoms with Crippen LogP contribution in [-0.4, -0.2) is 35.0 Å². The summed E-state index contributed by atoms with van der Waals surface area (Å²) in [6.45, 7) is 0.332. The number of hydrogen-bond acceptors (Lipinski definition) is 4. The molecule has 3 aromatic rings. The highest BCUT2D eigenvalue weighted by molar-refractivity contribution is 8.18. The first-order chi connectivity index (χ1) is 14.1. The Morgan fingerprint density at radius 2 is 1.66 bits per heavy atom. The lowest BCUT2D eigenvalue weighted by atomic mass is 10.1. The van der Waals surface area contributed by atoms with E-state index in [2.05, 4.69) is 5.32 Å². The average molecular weight is 402 g/mol.